The molecule has 1 aliphatic carbocycles. The van der Waals surface area contributed by atoms with Crippen LogP contribution in [0, 0.1) is 29.6 Å². The summed E-state index contributed by atoms with van der Waals surface area (Å²) in [5.41, 5.74) is 1.37. The van der Waals surface area contributed by atoms with Gasteiger partial charge in [0.2, 0.25) is 0 Å². The Kier molecular flexibility index (Phi) is 7.48. The van der Waals surface area contributed by atoms with Crippen molar-refractivity contribution in [3.63, 3.8) is 0 Å². The lowest BCUT2D eigenvalue weighted by atomic mass is 9.82. The smallest absolute Gasteiger partial charge is 0.396 e. The number of pyridine rings is 1. The summed E-state index contributed by atoms with van der Waals surface area (Å²) in [6.45, 7) is 1.03. The topological polar surface area (TPSA) is 65.5 Å². The SMILES string of the molecule is O=C(N1CCC(C#Cc2cnc(Cl)cc2NC[C@H]2CC[C@H](CO)CC2)C1)C(F)(F)F. The number of aromatic nitrogens is 1. The van der Waals surface area contributed by atoms with E-state index in [9.17, 15) is 23.1 Å². The highest BCUT2D eigenvalue weighted by Gasteiger charge is 2.44. The largest absolute Gasteiger partial charge is 0.471 e. The molecule has 0 spiro atoms. The third-order valence-electron chi connectivity index (χ3n) is 5.81. The zero-order valence-corrected chi connectivity index (χ0v) is 17.3. The predicted molar refractivity (Wildman–Crippen MR) is 108 cm³/mol. The zero-order chi connectivity index (χ0) is 21.7. The molecule has 1 aliphatic heterocycles. The Balaban J connectivity index is 1.60. The van der Waals surface area contributed by atoms with Gasteiger partial charge in [-0.3, -0.25) is 4.79 Å². The van der Waals surface area contributed by atoms with E-state index in [0.29, 0.717) is 29.0 Å². The zero-order valence-electron chi connectivity index (χ0n) is 16.5. The fourth-order valence-corrected chi connectivity index (χ4v) is 4.13. The minimum Gasteiger partial charge on any atom is -0.396 e. The number of aliphatic hydroxyl groups is 1. The number of carbonyl (C=O) groups is 1. The Morgan fingerprint density at radius 3 is 2.63 bits per heavy atom. The van der Waals surface area contributed by atoms with Gasteiger partial charge in [0, 0.05) is 38.4 Å². The van der Waals surface area contributed by atoms with E-state index in [0.717, 1.165) is 42.8 Å². The van der Waals surface area contributed by atoms with E-state index in [1.807, 2.05) is 0 Å². The third kappa shape index (κ3) is 6.02. The number of aliphatic hydroxyl groups excluding tert-OH is 1. The molecule has 1 unspecified atom stereocenters. The summed E-state index contributed by atoms with van der Waals surface area (Å²) in [5, 5.41) is 13.0. The van der Waals surface area contributed by atoms with Gasteiger partial charge in [0.15, 0.2) is 0 Å². The first-order valence-corrected chi connectivity index (χ1v) is 10.5. The first kappa shape index (κ1) is 22.7. The van der Waals surface area contributed by atoms with Gasteiger partial charge in [0.1, 0.15) is 5.15 Å². The summed E-state index contributed by atoms with van der Waals surface area (Å²) >= 11 is 6.02. The molecule has 164 valence electrons. The average Bonchev–Trinajstić information content (AvgIpc) is 3.19. The van der Waals surface area contributed by atoms with Gasteiger partial charge in [-0.25, -0.2) is 4.98 Å². The molecule has 1 saturated carbocycles. The van der Waals surface area contributed by atoms with Gasteiger partial charge < -0.3 is 15.3 Å². The maximum Gasteiger partial charge on any atom is 0.471 e. The van der Waals surface area contributed by atoms with Gasteiger partial charge in [-0.2, -0.15) is 13.2 Å². The average molecular weight is 444 g/mol. The molecule has 2 fully saturated rings. The molecule has 2 N–H and O–H groups in total. The van der Waals surface area contributed by atoms with E-state index in [-0.39, 0.29) is 25.6 Å². The van der Waals surface area contributed by atoms with E-state index in [4.69, 9.17) is 11.6 Å². The highest BCUT2D eigenvalue weighted by Crippen LogP contribution is 2.29. The lowest BCUT2D eigenvalue weighted by Gasteiger charge is -2.27. The minimum atomic E-state index is -4.85. The Morgan fingerprint density at radius 2 is 1.97 bits per heavy atom. The number of carbonyl (C=O) groups excluding carboxylic acids is 1. The molecule has 0 radical (unpaired) electrons. The molecular weight excluding hydrogens is 419 g/mol. The summed E-state index contributed by atoms with van der Waals surface area (Å²) in [7, 11) is 0. The van der Waals surface area contributed by atoms with Crippen LogP contribution in [0.2, 0.25) is 5.15 Å². The Bertz CT molecular complexity index is 814. The van der Waals surface area contributed by atoms with Crippen molar-refractivity contribution in [3.05, 3.63) is 23.0 Å². The number of halogens is 4. The molecule has 1 saturated heterocycles. The van der Waals surface area contributed by atoms with Crippen LogP contribution in [0.25, 0.3) is 0 Å². The number of alkyl halides is 3. The van der Waals surface area contributed by atoms with Gasteiger partial charge in [-0.05, 0) is 50.0 Å². The second kappa shape index (κ2) is 9.88. The number of likely N-dealkylation sites (tertiary alicyclic amines) is 1. The number of hydrogen-bond donors (Lipinski definition) is 2. The maximum absolute atomic E-state index is 12.6. The molecule has 30 heavy (non-hydrogen) atoms. The van der Waals surface area contributed by atoms with Crippen LogP contribution in [0.3, 0.4) is 0 Å². The second-order valence-corrected chi connectivity index (χ2v) is 8.39. The number of nitrogens with one attached hydrogen (secondary N) is 1. The number of amides is 1. The molecular formula is C21H25ClF3N3O2. The molecule has 1 aromatic rings. The van der Waals surface area contributed by atoms with Crippen LogP contribution in [0.1, 0.15) is 37.7 Å². The van der Waals surface area contributed by atoms with E-state index in [2.05, 4.69) is 22.1 Å². The van der Waals surface area contributed by atoms with Crippen molar-refractivity contribution in [2.24, 2.45) is 17.8 Å². The molecule has 0 bridgehead atoms. The van der Waals surface area contributed by atoms with Crippen molar-refractivity contribution < 1.29 is 23.1 Å². The van der Waals surface area contributed by atoms with Crippen LogP contribution in [0.5, 0.6) is 0 Å². The quantitative estimate of drug-likeness (QED) is 0.550. The molecule has 3 rings (SSSR count). The van der Waals surface area contributed by atoms with Crippen molar-refractivity contribution in [2.75, 3.05) is 31.6 Å². The molecule has 5 nitrogen and oxygen atoms in total. The van der Waals surface area contributed by atoms with Crippen molar-refractivity contribution >= 4 is 23.2 Å². The van der Waals surface area contributed by atoms with Gasteiger partial charge in [0.05, 0.1) is 11.3 Å². The predicted octanol–water partition coefficient (Wildman–Crippen LogP) is 3.71. The summed E-state index contributed by atoms with van der Waals surface area (Å²) in [4.78, 5) is 16.2. The fourth-order valence-electron chi connectivity index (χ4n) is 3.97. The lowest BCUT2D eigenvalue weighted by Crippen LogP contribution is -2.39. The van der Waals surface area contributed by atoms with E-state index >= 15 is 0 Å². The normalized spacial score (nSPS) is 24.3. The molecule has 9 heteroatoms. The van der Waals surface area contributed by atoms with Gasteiger partial charge >= 0.3 is 12.1 Å². The highest BCUT2D eigenvalue weighted by atomic mass is 35.5. The number of rotatable bonds is 4. The summed E-state index contributed by atoms with van der Waals surface area (Å²) in [5.74, 6) is 4.76. The molecule has 1 aromatic heterocycles. The molecule has 0 aromatic carbocycles. The highest BCUT2D eigenvalue weighted by molar-refractivity contribution is 6.29. The van der Waals surface area contributed by atoms with Crippen LogP contribution >= 0.6 is 11.6 Å². The van der Waals surface area contributed by atoms with E-state index < -0.39 is 12.1 Å². The Morgan fingerprint density at radius 1 is 1.27 bits per heavy atom. The second-order valence-electron chi connectivity index (χ2n) is 8.01. The fraction of sp³-hybridized carbons (Fsp3) is 0.619. The van der Waals surface area contributed by atoms with Crippen LogP contribution in [-0.2, 0) is 4.79 Å². The van der Waals surface area contributed by atoms with Crippen LogP contribution in [0.15, 0.2) is 12.3 Å². The Hall–Kier alpha value is -1.98. The standard InChI is InChI=1S/C21H25ClF3N3O2/c22-19-9-18(26-10-14-1-3-16(13-29)4-2-14)17(11-27-19)6-5-15-7-8-28(12-15)20(30)21(23,24)25/h9,11,14-16,29H,1-4,7-8,10,12-13H2,(H,26,27)/t14-,15?,16-. The summed E-state index contributed by atoms with van der Waals surface area (Å²) in [6.07, 6.45) is 1.23. The number of nitrogens with zero attached hydrogens (tertiary/aromatic N) is 2. The minimum absolute atomic E-state index is 0.0246. The van der Waals surface area contributed by atoms with Crippen LogP contribution in [-0.4, -0.2) is 53.3 Å². The van der Waals surface area contributed by atoms with Crippen molar-refractivity contribution in [1.29, 1.82) is 0 Å². The maximum atomic E-state index is 12.6. The van der Waals surface area contributed by atoms with Gasteiger partial charge in [0.25, 0.3) is 0 Å². The van der Waals surface area contributed by atoms with Crippen LogP contribution < -0.4 is 5.32 Å². The number of hydrogen-bond acceptors (Lipinski definition) is 4. The summed E-state index contributed by atoms with van der Waals surface area (Å²) < 4.78 is 37.7. The third-order valence-corrected chi connectivity index (χ3v) is 6.01. The summed E-state index contributed by atoms with van der Waals surface area (Å²) in [6, 6.07) is 1.69. The van der Waals surface area contributed by atoms with Gasteiger partial charge in [-0.15, -0.1) is 0 Å². The van der Waals surface area contributed by atoms with Crippen molar-refractivity contribution in [1.82, 2.24) is 9.88 Å². The monoisotopic (exact) mass is 443 g/mol. The number of anilines is 1. The first-order valence-electron chi connectivity index (χ1n) is 10.1. The Labute approximate surface area is 179 Å². The van der Waals surface area contributed by atoms with E-state index in [1.165, 1.54) is 0 Å². The van der Waals surface area contributed by atoms with Crippen LogP contribution in [0.4, 0.5) is 18.9 Å². The molecule has 2 aliphatic rings. The van der Waals surface area contributed by atoms with Crippen molar-refractivity contribution in [3.8, 4) is 11.8 Å². The molecule has 1 atom stereocenters. The van der Waals surface area contributed by atoms with Crippen molar-refractivity contribution in [2.45, 2.75) is 38.3 Å². The molecule has 2 heterocycles. The molecule has 1 amide bonds. The first-order chi connectivity index (χ1) is 14.3. The van der Waals surface area contributed by atoms with Gasteiger partial charge in [-0.1, -0.05) is 23.4 Å². The van der Waals surface area contributed by atoms with E-state index in [1.54, 1.807) is 12.3 Å². The lowest BCUT2D eigenvalue weighted by molar-refractivity contribution is -0.184.